The highest BCUT2D eigenvalue weighted by molar-refractivity contribution is 5.77. The van der Waals surface area contributed by atoms with Crippen molar-refractivity contribution >= 4 is 5.96 Å². The number of oxazole rings is 1. The summed E-state index contributed by atoms with van der Waals surface area (Å²) in [5.41, 5.74) is 5.74. The molecule has 5 nitrogen and oxygen atoms in total. The molecule has 1 heterocycles. The van der Waals surface area contributed by atoms with Crippen LogP contribution in [0.1, 0.15) is 52.7 Å². The zero-order chi connectivity index (χ0) is 14.5. The lowest BCUT2D eigenvalue weighted by molar-refractivity contribution is 0.383. The van der Waals surface area contributed by atoms with Crippen molar-refractivity contribution in [2.75, 3.05) is 6.54 Å². The fourth-order valence-corrected chi connectivity index (χ4v) is 1.43. The summed E-state index contributed by atoms with van der Waals surface area (Å²) in [6.45, 7) is 11.8. The quantitative estimate of drug-likeness (QED) is 0.634. The number of nitrogens with zero attached hydrogens (tertiary/aromatic N) is 2. The van der Waals surface area contributed by atoms with Crippen LogP contribution < -0.4 is 11.1 Å². The van der Waals surface area contributed by atoms with Crippen LogP contribution in [-0.4, -0.2) is 17.5 Å². The van der Waals surface area contributed by atoms with Gasteiger partial charge in [0.1, 0.15) is 12.3 Å². The molecule has 1 aromatic rings. The van der Waals surface area contributed by atoms with Gasteiger partial charge in [-0.15, -0.1) is 0 Å². The van der Waals surface area contributed by atoms with Gasteiger partial charge in [-0.3, -0.25) is 0 Å². The van der Waals surface area contributed by atoms with Crippen LogP contribution in [0.2, 0.25) is 0 Å². The van der Waals surface area contributed by atoms with Crippen LogP contribution in [0, 0.1) is 5.92 Å². The second-order valence-electron chi connectivity index (χ2n) is 6.18. The van der Waals surface area contributed by atoms with Crippen molar-refractivity contribution in [3.8, 4) is 0 Å². The largest absolute Gasteiger partial charge is 0.443 e. The monoisotopic (exact) mass is 266 g/mol. The molecular formula is C14H26N4O. The van der Waals surface area contributed by atoms with Crippen molar-refractivity contribution in [1.82, 2.24) is 10.3 Å². The third-order valence-corrected chi connectivity index (χ3v) is 2.71. The third-order valence-electron chi connectivity index (χ3n) is 2.71. The maximum atomic E-state index is 5.77. The van der Waals surface area contributed by atoms with E-state index in [1.165, 1.54) is 0 Å². The van der Waals surface area contributed by atoms with E-state index in [1.54, 1.807) is 6.20 Å². The molecule has 0 aromatic carbocycles. The van der Waals surface area contributed by atoms with Crippen LogP contribution >= 0.6 is 0 Å². The van der Waals surface area contributed by atoms with Crippen LogP contribution in [0.4, 0.5) is 0 Å². The Morgan fingerprint density at radius 3 is 2.68 bits per heavy atom. The first kappa shape index (κ1) is 15.5. The van der Waals surface area contributed by atoms with E-state index < -0.39 is 0 Å². The van der Waals surface area contributed by atoms with Crippen LogP contribution in [-0.2, 0) is 12.0 Å². The number of nitrogens with one attached hydrogen (secondary N) is 1. The van der Waals surface area contributed by atoms with E-state index in [0.717, 1.165) is 18.7 Å². The second-order valence-corrected chi connectivity index (χ2v) is 6.18. The van der Waals surface area contributed by atoms with E-state index in [9.17, 15) is 0 Å². The summed E-state index contributed by atoms with van der Waals surface area (Å²) in [4.78, 5) is 8.42. The Balaban J connectivity index is 2.45. The van der Waals surface area contributed by atoms with Gasteiger partial charge in [0.25, 0.3) is 0 Å². The van der Waals surface area contributed by atoms with Crippen molar-refractivity contribution in [2.24, 2.45) is 16.6 Å². The van der Waals surface area contributed by atoms with Crippen LogP contribution in [0.25, 0.3) is 0 Å². The minimum Gasteiger partial charge on any atom is -0.443 e. The summed E-state index contributed by atoms with van der Waals surface area (Å²) in [6, 6.07) is 0. The first-order valence-corrected chi connectivity index (χ1v) is 6.78. The second kappa shape index (κ2) is 6.59. The highest BCUT2D eigenvalue weighted by Crippen LogP contribution is 2.22. The van der Waals surface area contributed by atoms with Crippen molar-refractivity contribution in [1.29, 1.82) is 0 Å². The number of aliphatic imine (C=N–C) groups is 1. The molecule has 1 rings (SSSR count). The molecular weight excluding hydrogens is 240 g/mol. The molecule has 0 atom stereocenters. The molecule has 0 radical (unpaired) electrons. The number of nitrogens with two attached hydrogens (primary N) is 1. The fourth-order valence-electron chi connectivity index (χ4n) is 1.43. The van der Waals surface area contributed by atoms with Gasteiger partial charge in [0.2, 0.25) is 5.89 Å². The molecule has 0 aliphatic heterocycles. The molecule has 0 spiro atoms. The highest BCUT2D eigenvalue weighted by Gasteiger charge is 2.18. The maximum Gasteiger partial charge on any atom is 0.216 e. The summed E-state index contributed by atoms with van der Waals surface area (Å²) >= 11 is 0. The Hall–Kier alpha value is -1.52. The number of rotatable bonds is 5. The SMILES string of the molecule is CC(C)CCNC(N)=NCc1ncc(C(C)(C)C)o1. The average Bonchev–Trinajstić information content (AvgIpc) is 2.74. The molecule has 0 fully saturated rings. The summed E-state index contributed by atoms with van der Waals surface area (Å²) in [7, 11) is 0. The van der Waals surface area contributed by atoms with E-state index in [-0.39, 0.29) is 5.41 Å². The van der Waals surface area contributed by atoms with E-state index in [2.05, 4.69) is 49.9 Å². The Bertz CT molecular complexity index is 415. The van der Waals surface area contributed by atoms with E-state index >= 15 is 0 Å². The van der Waals surface area contributed by atoms with Gasteiger partial charge >= 0.3 is 0 Å². The van der Waals surface area contributed by atoms with Crippen molar-refractivity contribution in [2.45, 2.75) is 53.0 Å². The first-order chi connectivity index (χ1) is 8.79. The number of hydrogen-bond acceptors (Lipinski definition) is 3. The number of aromatic nitrogens is 1. The van der Waals surface area contributed by atoms with Gasteiger partial charge < -0.3 is 15.5 Å². The molecule has 3 N–H and O–H groups in total. The van der Waals surface area contributed by atoms with Gasteiger partial charge in [-0.05, 0) is 12.3 Å². The summed E-state index contributed by atoms with van der Waals surface area (Å²) in [5, 5.41) is 3.08. The van der Waals surface area contributed by atoms with Gasteiger partial charge in [0.15, 0.2) is 5.96 Å². The Labute approximate surface area is 115 Å². The molecule has 0 bridgehead atoms. The third kappa shape index (κ3) is 5.77. The molecule has 19 heavy (non-hydrogen) atoms. The lowest BCUT2D eigenvalue weighted by atomic mass is 9.94. The minimum absolute atomic E-state index is 0.0317. The van der Waals surface area contributed by atoms with Crippen LogP contribution in [0.15, 0.2) is 15.6 Å². The van der Waals surface area contributed by atoms with Crippen molar-refractivity contribution in [3.05, 3.63) is 17.8 Å². The van der Waals surface area contributed by atoms with Crippen molar-refractivity contribution in [3.63, 3.8) is 0 Å². The van der Waals surface area contributed by atoms with E-state index in [1.807, 2.05) is 0 Å². The summed E-state index contributed by atoms with van der Waals surface area (Å²) in [5.74, 6) is 2.56. The van der Waals surface area contributed by atoms with Gasteiger partial charge in [0.05, 0.1) is 6.20 Å². The fraction of sp³-hybridized carbons (Fsp3) is 0.714. The topological polar surface area (TPSA) is 76.4 Å². The lowest BCUT2D eigenvalue weighted by Gasteiger charge is -2.12. The average molecular weight is 266 g/mol. The van der Waals surface area contributed by atoms with Gasteiger partial charge in [-0.25, -0.2) is 9.98 Å². The molecule has 108 valence electrons. The summed E-state index contributed by atoms with van der Waals surface area (Å²) in [6.07, 6.45) is 2.83. The molecule has 0 aliphatic carbocycles. The maximum absolute atomic E-state index is 5.77. The lowest BCUT2D eigenvalue weighted by Crippen LogP contribution is -2.32. The van der Waals surface area contributed by atoms with E-state index in [4.69, 9.17) is 10.2 Å². The predicted octanol–water partition coefficient (Wildman–Crippen LogP) is 2.42. The first-order valence-electron chi connectivity index (χ1n) is 6.78. The normalized spacial score (nSPS) is 13.1. The molecule has 0 unspecified atom stereocenters. The molecule has 0 saturated heterocycles. The molecule has 5 heteroatoms. The Morgan fingerprint density at radius 2 is 2.16 bits per heavy atom. The van der Waals surface area contributed by atoms with Gasteiger partial charge in [-0.2, -0.15) is 0 Å². The number of guanidine groups is 1. The van der Waals surface area contributed by atoms with Gasteiger partial charge in [-0.1, -0.05) is 34.6 Å². The van der Waals surface area contributed by atoms with Crippen LogP contribution in [0.5, 0.6) is 0 Å². The smallest absolute Gasteiger partial charge is 0.216 e. The molecule has 0 aliphatic rings. The zero-order valence-corrected chi connectivity index (χ0v) is 12.7. The molecule has 1 aromatic heterocycles. The minimum atomic E-state index is -0.0317. The van der Waals surface area contributed by atoms with Gasteiger partial charge in [0, 0.05) is 12.0 Å². The van der Waals surface area contributed by atoms with Crippen LogP contribution in [0.3, 0.4) is 0 Å². The Kier molecular flexibility index (Phi) is 5.39. The standard InChI is InChI=1S/C14H26N4O/c1-10(2)6-7-16-13(15)18-9-12-17-8-11(19-12)14(3,4)5/h8,10H,6-7,9H2,1-5H3,(H3,15,16,18). The van der Waals surface area contributed by atoms with Crippen molar-refractivity contribution < 1.29 is 4.42 Å². The molecule has 0 amide bonds. The summed E-state index contributed by atoms with van der Waals surface area (Å²) < 4.78 is 5.64. The predicted molar refractivity (Wildman–Crippen MR) is 78.0 cm³/mol. The highest BCUT2D eigenvalue weighted by atomic mass is 16.4. The number of hydrogen-bond donors (Lipinski definition) is 2. The zero-order valence-electron chi connectivity index (χ0n) is 12.7. The Morgan fingerprint density at radius 1 is 1.47 bits per heavy atom. The molecule has 0 saturated carbocycles. The van der Waals surface area contributed by atoms with E-state index in [0.29, 0.717) is 24.3 Å².